The first-order chi connectivity index (χ1) is 12.1. The lowest BCUT2D eigenvalue weighted by molar-refractivity contribution is 0.0715. The highest BCUT2D eigenvalue weighted by Crippen LogP contribution is 2.25. The Morgan fingerprint density at radius 3 is 2.76 bits per heavy atom. The largest absolute Gasteiger partial charge is 0.389 e. The van der Waals surface area contributed by atoms with Gasteiger partial charge in [-0.05, 0) is 32.1 Å². The van der Waals surface area contributed by atoms with Crippen LogP contribution in [0.25, 0.3) is 0 Å². The van der Waals surface area contributed by atoms with E-state index in [-0.39, 0.29) is 11.9 Å². The molecule has 4 rings (SSSR count). The summed E-state index contributed by atoms with van der Waals surface area (Å²) in [6, 6.07) is 0.0690. The molecule has 0 saturated carbocycles. The van der Waals surface area contributed by atoms with Crippen LogP contribution in [0.1, 0.15) is 41.0 Å². The van der Waals surface area contributed by atoms with Gasteiger partial charge in [-0.1, -0.05) is 0 Å². The number of hydrogen-bond acceptors (Lipinski definition) is 5. The molecule has 1 N–H and O–H groups in total. The zero-order valence-electron chi connectivity index (χ0n) is 15.0. The van der Waals surface area contributed by atoms with Gasteiger partial charge in [0.15, 0.2) is 0 Å². The summed E-state index contributed by atoms with van der Waals surface area (Å²) in [5, 5.41) is 14.7. The first-order valence-corrected chi connectivity index (χ1v) is 9.49. The molecule has 0 unspecified atom stereocenters. The lowest BCUT2D eigenvalue weighted by atomic mass is 9.95. The van der Waals surface area contributed by atoms with Gasteiger partial charge in [-0.25, -0.2) is 0 Å². The minimum absolute atomic E-state index is 0.0690. The van der Waals surface area contributed by atoms with Gasteiger partial charge in [-0.2, -0.15) is 5.10 Å². The molecule has 1 amide bonds. The number of rotatable bonds is 2. The second-order valence-corrected chi connectivity index (χ2v) is 7.46. The van der Waals surface area contributed by atoms with Crippen LogP contribution in [0.2, 0.25) is 0 Å². The molecule has 0 aromatic carbocycles. The molecule has 7 heteroatoms. The van der Waals surface area contributed by atoms with E-state index in [0.717, 1.165) is 56.7 Å². The maximum Gasteiger partial charge on any atom is 0.272 e. The highest BCUT2D eigenvalue weighted by Gasteiger charge is 2.34. The minimum Gasteiger partial charge on any atom is -0.389 e. The van der Waals surface area contributed by atoms with E-state index in [0.29, 0.717) is 19.8 Å². The van der Waals surface area contributed by atoms with Gasteiger partial charge in [0, 0.05) is 38.8 Å². The second-order valence-electron chi connectivity index (χ2n) is 7.46. The Labute approximate surface area is 148 Å². The van der Waals surface area contributed by atoms with Gasteiger partial charge in [0.1, 0.15) is 5.69 Å². The van der Waals surface area contributed by atoms with Gasteiger partial charge in [-0.3, -0.25) is 14.4 Å². The fourth-order valence-corrected chi connectivity index (χ4v) is 4.45. The fourth-order valence-electron chi connectivity index (χ4n) is 4.45. The summed E-state index contributed by atoms with van der Waals surface area (Å²) in [4.78, 5) is 17.4. The quantitative estimate of drug-likeness (QED) is 0.827. The van der Waals surface area contributed by atoms with Crippen LogP contribution in [-0.2, 0) is 24.6 Å². The van der Waals surface area contributed by atoms with Crippen LogP contribution >= 0.6 is 0 Å². The number of nitrogens with zero attached hydrogens (tertiary/aromatic N) is 4. The summed E-state index contributed by atoms with van der Waals surface area (Å²) in [6.45, 7) is 4.16. The molecule has 0 bridgehead atoms. The van der Waals surface area contributed by atoms with Crippen molar-refractivity contribution in [3.63, 3.8) is 0 Å². The number of carbonyl (C=O) groups is 1. The van der Waals surface area contributed by atoms with Crippen molar-refractivity contribution < 1.29 is 14.6 Å². The number of aliphatic hydroxyl groups is 1. The highest BCUT2D eigenvalue weighted by atomic mass is 16.5. The van der Waals surface area contributed by atoms with Crippen molar-refractivity contribution >= 4 is 5.91 Å². The van der Waals surface area contributed by atoms with Crippen LogP contribution in [0, 0.1) is 0 Å². The molecule has 2 atom stereocenters. The molecule has 2 saturated heterocycles. The van der Waals surface area contributed by atoms with Crippen molar-refractivity contribution in [1.29, 1.82) is 0 Å². The van der Waals surface area contributed by atoms with E-state index >= 15 is 0 Å². The highest BCUT2D eigenvalue weighted by molar-refractivity contribution is 5.94. The molecule has 0 radical (unpaired) electrons. The number of aliphatic hydroxyl groups excluding tert-OH is 1. The number of fused-ring (bicyclic) bond motifs is 1. The Bertz CT molecular complexity index is 645. The third-order valence-electron chi connectivity index (χ3n) is 5.83. The fraction of sp³-hybridized carbons (Fsp3) is 0.778. The van der Waals surface area contributed by atoms with E-state index in [1.165, 1.54) is 12.0 Å². The molecule has 3 aliphatic rings. The maximum absolute atomic E-state index is 13.2. The SMILES string of the molecule is Cn1nc2c(c1C(=O)N1CCCN([C@H]3COC[C@@H]3O)CC1)CCCC2. The number of aromatic nitrogens is 2. The van der Waals surface area contributed by atoms with Gasteiger partial charge in [0.25, 0.3) is 5.91 Å². The first kappa shape index (κ1) is 17.0. The van der Waals surface area contributed by atoms with Crippen LogP contribution in [0.4, 0.5) is 0 Å². The molecule has 7 nitrogen and oxygen atoms in total. The van der Waals surface area contributed by atoms with Crippen LogP contribution in [-0.4, -0.2) is 82.1 Å². The van der Waals surface area contributed by atoms with E-state index in [9.17, 15) is 9.90 Å². The molecule has 1 aromatic heterocycles. The van der Waals surface area contributed by atoms with E-state index in [1.54, 1.807) is 4.68 Å². The summed E-state index contributed by atoms with van der Waals surface area (Å²) < 4.78 is 7.18. The number of carbonyl (C=O) groups excluding carboxylic acids is 1. The van der Waals surface area contributed by atoms with Crippen molar-refractivity contribution in [1.82, 2.24) is 19.6 Å². The number of ether oxygens (including phenoxy) is 1. The summed E-state index contributed by atoms with van der Waals surface area (Å²) >= 11 is 0. The normalized spacial score (nSPS) is 28.0. The van der Waals surface area contributed by atoms with Crippen molar-refractivity contribution in [2.45, 2.75) is 44.2 Å². The Morgan fingerprint density at radius 2 is 1.96 bits per heavy atom. The molecule has 25 heavy (non-hydrogen) atoms. The van der Waals surface area contributed by atoms with Gasteiger partial charge in [0.05, 0.1) is 31.1 Å². The lowest BCUT2D eigenvalue weighted by Crippen LogP contribution is -2.45. The third kappa shape index (κ3) is 3.20. The van der Waals surface area contributed by atoms with Crippen molar-refractivity contribution in [2.75, 3.05) is 39.4 Å². The third-order valence-corrected chi connectivity index (χ3v) is 5.83. The van der Waals surface area contributed by atoms with Crippen LogP contribution in [0.3, 0.4) is 0 Å². The molecule has 138 valence electrons. The number of hydrogen-bond donors (Lipinski definition) is 1. The molecule has 1 aliphatic carbocycles. The zero-order chi connectivity index (χ0) is 17.4. The minimum atomic E-state index is -0.411. The van der Waals surface area contributed by atoms with E-state index < -0.39 is 6.10 Å². The van der Waals surface area contributed by atoms with Crippen LogP contribution in [0.15, 0.2) is 0 Å². The molecule has 2 aliphatic heterocycles. The van der Waals surface area contributed by atoms with Gasteiger partial charge in [-0.15, -0.1) is 0 Å². The topological polar surface area (TPSA) is 70.8 Å². The Kier molecular flexibility index (Phi) is 4.80. The first-order valence-electron chi connectivity index (χ1n) is 9.49. The second kappa shape index (κ2) is 7.05. The molecule has 3 heterocycles. The molecular formula is C18H28N4O3. The summed E-state index contributed by atoms with van der Waals surface area (Å²) in [6.07, 6.45) is 4.79. The van der Waals surface area contributed by atoms with Crippen molar-refractivity contribution in [3.8, 4) is 0 Å². The molecule has 2 fully saturated rings. The molecule has 1 aromatic rings. The number of amides is 1. The van der Waals surface area contributed by atoms with Gasteiger partial charge < -0.3 is 14.7 Å². The Balaban J connectivity index is 1.47. The standard InChI is InChI=1S/C18H28N4O3/c1-20-17(13-5-2-3-6-14(13)19-20)18(24)22-8-4-7-21(9-10-22)15-11-25-12-16(15)23/h15-16,23H,2-12H2,1H3/t15-,16-/m0/s1. The smallest absolute Gasteiger partial charge is 0.272 e. The van der Waals surface area contributed by atoms with E-state index in [4.69, 9.17) is 4.74 Å². The Hall–Kier alpha value is -1.44. The van der Waals surface area contributed by atoms with Crippen molar-refractivity contribution in [2.24, 2.45) is 7.05 Å². The van der Waals surface area contributed by atoms with Gasteiger partial charge in [0.2, 0.25) is 0 Å². The molecule has 0 spiro atoms. The predicted octanol–water partition coefficient (Wildman–Crippen LogP) is 0.207. The predicted molar refractivity (Wildman–Crippen MR) is 92.6 cm³/mol. The summed E-state index contributed by atoms with van der Waals surface area (Å²) in [5.41, 5.74) is 3.06. The van der Waals surface area contributed by atoms with Gasteiger partial charge >= 0.3 is 0 Å². The Morgan fingerprint density at radius 1 is 1.12 bits per heavy atom. The van der Waals surface area contributed by atoms with Crippen LogP contribution in [0.5, 0.6) is 0 Å². The number of aryl methyl sites for hydroxylation is 2. The molecular weight excluding hydrogens is 320 g/mol. The monoisotopic (exact) mass is 348 g/mol. The van der Waals surface area contributed by atoms with Crippen molar-refractivity contribution in [3.05, 3.63) is 17.0 Å². The van der Waals surface area contributed by atoms with E-state index in [2.05, 4.69) is 10.00 Å². The van der Waals surface area contributed by atoms with E-state index in [1.807, 2.05) is 11.9 Å². The summed E-state index contributed by atoms with van der Waals surface area (Å²) in [7, 11) is 1.89. The summed E-state index contributed by atoms with van der Waals surface area (Å²) in [5.74, 6) is 0.114. The zero-order valence-corrected chi connectivity index (χ0v) is 15.0. The maximum atomic E-state index is 13.2. The lowest BCUT2D eigenvalue weighted by Gasteiger charge is -2.28. The average molecular weight is 348 g/mol. The average Bonchev–Trinajstić information content (AvgIpc) is 3.07. The van der Waals surface area contributed by atoms with Crippen LogP contribution < -0.4 is 0 Å².